The number of sulfone groups is 2. The average molecular weight is 619 g/mol. The van der Waals surface area contributed by atoms with Crippen molar-refractivity contribution in [2.45, 2.75) is 29.4 Å². The number of hydrogen-bond donors (Lipinski definition) is 0. The zero-order valence-electron chi connectivity index (χ0n) is 22.9. The topological polar surface area (TPSA) is 68.3 Å². The molecule has 0 N–H and O–H groups in total. The lowest BCUT2D eigenvalue weighted by atomic mass is 10.1. The lowest BCUT2D eigenvalue weighted by Crippen LogP contribution is -2.04. The van der Waals surface area contributed by atoms with Gasteiger partial charge in [-0.05, 0) is 71.8 Å². The molecule has 6 aromatic rings. The minimum absolute atomic E-state index is 0.207. The Kier molecular flexibility index (Phi) is 8.04. The standard InChI is InChI=1S/C36H26O4S3/c37-42(38,35-17-9-7-15-33(35)27-11-3-1-4-12-27)31-23-19-29(20-24-31)41-30-21-25-32(26-22-30)43(39,40)36-18-10-8-16-34(36)28-13-5-2-6-14-28/h1-26H. The molecule has 0 aliphatic rings. The molecule has 0 aliphatic heterocycles. The summed E-state index contributed by atoms with van der Waals surface area (Å²) in [6.07, 6.45) is 0. The molecule has 0 atom stereocenters. The fraction of sp³-hybridized carbons (Fsp3) is 0. The van der Waals surface area contributed by atoms with E-state index in [0.29, 0.717) is 11.1 Å². The van der Waals surface area contributed by atoms with Crippen molar-refractivity contribution in [3.63, 3.8) is 0 Å². The lowest BCUT2D eigenvalue weighted by molar-refractivity contribution is 0.594. The highest BCUT2D eigenvalue weighted by molar-refractivity contribution is 7.99. The van der Waals surface area contributed by atoms with Gasteiger partial charge in [0.15, 0.2) is 0 Å². The summed E-state index contributed by atoms with van der Waals surface area (Å²) in [7, 11) is -7.51. The van der Waals surface area contributed by atoms with Crippen molar-refractivity contribution >= 4 is 31.4 Å². The van der Waals surface area contributed by atoms with E-state index in [-0.39, 0.29) is 19.6 Å². The molecular formula is C36H26O4S3. The van der Waals surface area contributed by atoms with Crippen LogP contribution in [-0.2, 0) is 19.7 Å². The van der Waals surface area contributed by atoms with Gasteiger partial charge < -0.3 is 0 Å². The first-order valence-electron chi connectivity index (χ1n) is 13.5. The van der Waals surface area contributed by atoms with E-state index in [1.165, 1.54) is 11.8 Å². The van der Waals surface area contributed by atoms with E-state index in [4.69, 9.17) is 0 Å². The number of hydrogen-bond acceptors (Lipinski definition) is 5. The van der Waals surface area contributed by atoms with E-state index in [1.807, 2.05) is 84.9 Å². The Morgan fingerprint density at radius 3 is 1.05 bits per heavy atom. The van der Waals surface area contributed by atoms with Gasteiger partial charge in [0.1, 0.15) is 0 Å². The van der Waals surface area contributed by atoms with E-state index in [1.54, 1.807) is 72.8 Å². The number of rotatable bonds is 8. The summed E-state index contributed by atoms with van der Waals surface area (Å²) in [6.45, 7) is 0. The molecule has 6 aromatic carbocycles. The van der Waals surface area contributed by atoms with Gasteiger partial charge in [-0.2, -0.15) is 0 Å². The third-order valence-corrected chi connectivity index (χ3v) is 11.7. The monoisotopic (exact) mass is 618 g/mol. The summed E-state index contributed by atoms with van der Waals surface area (Å²) in [6, 6.07) is 46.5. The highest BCUT2D eigenvalue weighted by atomic mass is 32.2. The van der Waals surface area contributed by atoms with E-state index >= 15 is 0 Å². The molecule has 0 saturated carbocycles. The van der Waals surface area contributed by atoms with Crippen LogP contribution in [-0.4, -0.2) is 16.8 Å². The Balaban J connectivity index is 1.22. The molecule has 6 rings (SSSR count). The maximum atomic E-state index is 13.6. The molecular weight excluding hydrogens is 593 g/mol. The molecule has 0 fully saturated rings. The van der Waals surface area contributed by atoms with Crippen LogP contribution in [0.5, 0.6) is 0 Å². The summed E-state index contributed by atoms with van der Waals surface area (Å²) in [5.41, 5.74) is 2.98. The minimum atomic E-state index is -3.76. The Morgan fingerprint density at radius 2 is 0.674 bits per heavy atom. The summed E-state index contributed by atoms with van der Waals surface area (Å²) in [5.74, 6) is 0. The first-order valence-corrected chi connectivity index (χ1v) is 17.3. The zero-order chi connectivity index (χ0) is 29.9. The van der Waals surface area contributed by atoms with Crippen LogP contribution in [0.1, 0.15) is 0 Å². The summed E-state index contributed by atoms with van der Waals surface area (Å²) in [5, 5.41) is 0. The third-order valence-electron chi connectivity index (χ3n) is 7.03. The highest BCUT2D eigenvalue weighted by Crippen LogP contribution is 2.35. The largest absolute Gasteiger partial charge is 0.218 e. The molecule has 43 heavy (non-hydrogen) atoms. The van der Waals surface area contributed by atoms with Gasteiger partial charge in [-0.1, -0.05) is 109 Å². The van der Waals surface area contributed by atoms with Gasteiger partial charge in [0.25, 0.3) is 0 Å². The fourth-order valence-electron chi connectivity index (χ4n) is 4.88. The SMILES string of the molecule is O=S(=O)(c1ccc(Sc2ccc(S(=O)(=O)c3ccccc3-c3ccccc3)cc2)cc1)c1ccccc1-c1ccccc1. The molecule has 0 saturated heterocycles. The Hall–Kier alpha value is -4.43. The van der Waals surface area contributed by atoms with E-state index < -0.39 is 19.7 Å². The van der Waals surface area contributed by atoms with E-state index in [2.05, 4.69) is 0 Å². The van der Waals surface area contributed by atoms with Crippen LogP contribution in [0.4, 0.5) is 0 Å². The first kappa shape index (κ1) is 28.7. The molecule has 212 valence electrons. The van der Waals surface area contributed by atoms with E-state index in [0.717, 1.165) is 20.9 Å². The van der Waals surface area contributed by atoms with Gasteiger partial charge in [-0.3, -0.25) is 0 Å². The van der Waals surface area contributed by atoms with Crippen LogP contribution in [0.15, 0.2) is 187 Å². The van der Waals surface area contributed by atoms with Crippen LogP contribution in [0.25, 0.3) is 22.3 Å². The molecule has 0 unspecified atom stereocenters. The Labute approximate surface area is 256 Å². The third kappa shape index (κ3) is 5.92. The van der Waals surface area contributed by atoms with Crippen LogP contribution in [0, 0.1) is 0 Å². The van der Waals surface area contributed by atoms with Crippen molar-refractivity contribution in [1.29, 1.82) is 0 Å². The lowest BCUT2D eigenvalue weighted by Gasteiger charge is -2.12. The van der Waals surface area contributed by atoms with Crippen molar-refractivity contribution in [2.75, 3.05) is 0 Å². The predicted octanol–water partition coefficient (Wildman–Crippen LogP) is 8.84. The predicted molar refractivity (Wildman–Crippen MR) is 172 cm³/mol. The van der Waals surface area contributed by atoms with Gasteiger partial charge in [0.05, 0.1) is 19.6 Å². The van der Waals surface area contributed by atoms with Crippen LogP contribution < -0.4 is 0 Å². The fourth-order valence-corrected chi connectivity index (χ4v) is 8.66. The van der Waals surface area contributed by atoms with Crippen molar-refractivity contribution in [1.82, 2.24) is 0 Å². The zero-order valence-corrected chi connectivity index (χ0v) is 25.3. The molecule has 0 aliphatic carbocycles. The molecule has 0 heterocycles. The maximum absolute atomic E-state index is 13.6. The molecule has 4 nitrogen and oxygen atoms in total. The summed E-state index contributed by atoms with van der Waals surface area (Å²) < 4.78 is 54.4. The second kappa shape index (κ2) is 12.1. The molecule has 0 aromatic heterocycles. The van der Waals surface area contributed by atoms with Gasteiger partial charge >= 0.3 is 0 Å². The average Bonchev–Trinajstić information content (AvgIpc) is 3.06. The van der Waals surface area contributed by atoms with Gasteiger partial charge in [-0.25, -0.2) is 16.8 Å². The smallest absolute Gasteiger partial charge is 0.207 e. The van der Waals surface area contributed by atoms with Gasteiger partial charge in [0.2, 0.25) is 19.7 Å². The van der Waals surface area contributed by atoms with Crippen LogP contribution in [0.2, 0.25) is 0 Å². The normalized spacial score (nSPS) is 11.7. The minimum Gasteiger partial charge on any atom is -0.218 e. The highest BCUT2D eigenvalue weighted by Gasteiger charge is 2.23. The van der Waals surface area contributed by atoms with Crippen molar-refractivity contribution < 1.29 is 16.8 Å². The van der Waals surface area contributed by atoms with E-state index in [9.17, 15) is 16.8 Å². The Bertz CT molecular complexity index is 1940. The molecule has 7 heteroatoms. The van der Waals surface area contributed by atoms with Gasteiger partial charge in [-0.15, -0.1) is 0 Å². The molecule has 0 spiro atoms. The maximum Gasteiger partial charge on any atom is 0.207 e. The second-order valence-electron chi connectivity index (χ2n) is 9.78. The Morgan fingerprint density at radius 1 is 0.349 bits per heavy atom. The molecule has 0 radical (unpaired) electrons. The second-order valence-corrected chi connectivity index (χ2v) is 14.8. The molecule has 0 amide bonds. The van der Waals surface area contributed by atoms with Crippen molar-refractivity contribution in [3.05, 3.63) is 158 Å². The molecule has 0 bridgehead atoms. The quantitative estimate of drug-likeness (QED) is 0.170. The van der Waals surface area contributed by atoms with Crippen LogP contribution >= 0.6 is 11.8 Å². The van der Waals surface area contributed by atoms with Crippen molar-refractivity contribution in [2.24, 2.45) is 0 Å². The first-order chi connectivity index (χ1) is 20.8. The summed E-state index contributed by atoms with van der Waals surface area (Å²) in [4.78, 5) is 2.60. The number of benzene rings is 6. The van der Waals surface area contributed by atoms with Crippen molar-refractivity contribution in [3.8, 4) is 22.3 Å². The summed E-state index contributed by atoms with van der Waals surface area (Å²) >= 11 is 1.43. The van der Waals surface area contributed by atoms with Crippen LogP contribution in [0.3, 0.4) is 0 Å². The van der Waals surface area contributed by atoms with Gasteiger partial charge in [0, 0.05) is 20.9 Å².